The summed E-state index contributed by atoms with van der Waals surface area (Å²) < 4.78 is 0. The molecule has 0 spiro atoms. The van der Waals surface area contributed by atoms with Crippen LogP contribution in [0, 0.1) is 46.8 Å². The van der Waals surface area contributed by atoms with Gasteiger partial charge in [-0.3, -0.25) is 4.79 Å². The van der Waals surface area contributed by atoms with Crippen LogP contribution in [-0.4, -0.2) is 11.1 Å². The number of fused-ring (bicyclic) bond motifs is 5. The average molecular weight is 347 g/mol. The Bertz CT molecular complexity index is 500. The molecule has 8 atom stereocenters. The molecule has 4 rings (SSSR count). The predicted molar refractivity (Wildman–Crippen MR) is 101 cm³/mol. The fourth-order valence-corrected chi connectivity index (χ4v) is 8.27. The maximum absolute atomic E-state index is 11.0. The molecule has 142 valence electrons. The highest BCUT2D eigenvalue weighted by atomic mass is 16.4. The van der Waals surface area contributed by atoms with E-state index in [0.29, 0.717) is 17.8 Å². The summed E-state index contributed by atoms with van der Waals surface area (Å²) in [4.78, 5) is 11.0. The second-order valence-corrected chi connectivity index (χ2v) is 10.4. The number of aliphatic carboxylic acids is 1. The number of carboxylic acid groups (broad SMARTS) is 1. The highest BCUT2D eigenvalue weighted by Gasteiger charge is 2.55. The number of carboxylic acids is 1. The van der Waals surface area contributed by atoms with E-state index in [1.54, 1.807) is 0 Å². The Morgan fingerprint density at radius 1 is 1.00 bits per heavy atom. The van der Waals surface area contributed by atoms with E-state index in [4.69, 9.17) is 5.11 Å². The van der Waals surface area contributed by atoms with E-state index in [2.05, 4.69) is 13.8 Å². The maximum atomic E-state index is 11.0. The SMILES string of the molecule is CC(CCC(=O)O)C1CCC2C1CCC1C2CCC2CCCCC21C. The van der Waals surface area contributed by atoms with Crippen molar-refractivity contribution in [3.8, 4) is 0 Å². The van der Waals surface area contributed by atoms with E-state index < -0.39 is 5.97 Å². The van der Waals surface area contributed by atoms with Gasteiger partial charge >= 0.3 is 5.97 Å². The van der Waals surface area contributed by atoms with Gasteiger partial charge in [0.15, 0.2) is 0 Å². The summed E-state index contributed by atoms with van der Waals surface area (Å²) in [7, 11) is 0. The number of carbonyl (C=O) groups is 1. The standard InChI is InChI=1S/C23H38O2/c1-15(6-13-22(24)25)17-9-10-19-18(17)11-12-21-20(19)8-7-16-5-3-4-14-23(16,21)2/h15-21H,3-14H2,1-2H3,(H,24,25). The van der Waals surface area contributed by atoms with Gasteiger partial charge in [0.1, 0.15) is 0 Å². The molecule has 0 aromatic carbocycles. The molecule has 0 aliphatic heterocycles. The quantitative estimate of drug-likeness (QED) is 0.663. The molecule has 1 N–H and O–H groups in total. The van der Waals surface area contributed by atoms with Crippen LogP contribution in [0.2, 0.25) is 0 Å². The molecule has 4 aliphatic rings. The zero-order valence-electron chi connectivity index (χ0n) is 16.4. The van der Waals surface area contributed by atoms with Gasteiger partial charge in [0.25, 0.3) is 0 Å². The van der Waals surface area contributed by atoms with Crippen molar-refractivity contribution in [1.82, 2.24) is 0 Å². The van der Waals surface area contributed by atoms with E-state index in [1.165, 1.54) is 64.2 Å². The first kappa shape index (κ1) is 17.9. The minimum Gasteiger partial charge on any atom is -0.481 e. The summed E-state index contributed by atoms with van der Waals surface area (Å²) in [6.45, 7) is 5.00. The third kappa shape index (κ3) is 3.06. The molecule has 4 aliphatic carbocycles. The lowest BCUT2D eigenvalue weighted by atomic mass is 9.47. The molecule has 0 radical (unpaired) electrons. The minimum absolute atomic E-state index is 0.362. The van der Waals surface area contributed by atoms with Gasteiger partial charge in [-0.1, -0.05) is 26.7 Å². The molecule has 4 saturated carbocycles. The van der Waals surface area contributed by atoms with E-state index in [1.807, 2.05) is 0 Å². The molecule has 2 heteroatoms. The van der Waals surface area contributed by atoms with Gasteiger partial charge in [-0.05, 0) is 105 Å². The van der Waals surface area contributed by atoms with Gasteiger partial charge in [-0.25, -0.2) is 0 Å². The minimum atomic E-state index is -0.617. The maximum Gasteiger partial charge on any atom is 0.303 e. The Balaban J connectivity index is 1.46. The van der Waals surface area contributed by atoms with E-state index in [9.17, 15) is 4.79 Å². The van der Waals surface area contributed by atoms with Crippen molar-refractivity contribution in [2.45, 2.75) is 90.9 Å². The zero-order valence-corrected chi connectivity index (χ0v) is 16.4. The van der Waals surface area contributed by atoms with Gasteiger partial charge < -0.3 is 5.11 Å². The fourth-order valence-electron chi connectivity index (χ4n) is 8.27. The molecule has 0 heterocycles. The third-order valence-electron chi connectivity index (χ3n) is 9.50. The lowest BCUT2D eigenvalue weighted by Crippen LogP contribution is -2.50. The Morgan fingerprint density at radius 3 is 2.56 bits per heavy atom. The molecule has 0 saturated heterocycles. The van der Waals surface area contributed by atoms with Crippen LogP contribution in [0.25, 0.3) is 0 Å². The summed E-state index contributed by atoms with van der Waals surface area (Å²) >= 11 is 0. The second kappa shape index (κ2) is 6.89. The Labute approximate surface area is 154 Å². The van der Waals surface area contributed by atoms with Gasteiger partial charge in [0.2, 0.25) is 0 Å². The number of hydrogen-bond acceptors (Lipinski definition) is 1. The van der Waals surface area contributed by atoms with E-state index in [-0.39, 0.29) is 0 Å². The predicted octanol–water partition coefficient (Wildman–Crippen LogP) is 6.15. The van der Waals surface area contributed by atoms with Gasteiger partial charge in [-0.15, -0.1) is 0 Å². The molecule has 4 fully saturated rings. The van der Waals surface area contributed by atoms with Crippen LogP contribution in [0.15, 0.2) is 0 Å². The molecule has 0 aromatic rings. The summed E-state index contributed by atoms with van der Waals surface area (Å²) in [6, 6.07) is 0. The number of rotatable bonds is 4. The Hall–Kier alpha value is -0.530. The van der Waals surface area contributed by atoms with Crippen molar-refractivity contribution in [3.05, 3.63) is 0 Å². The van der Waals surface area contributed by atoms with Crippen LogP contribution in [0.4, 0.5) is 0 Å². The monoisotopic (exact) mass is 346 g/mol. The van der Waals surface area contributed by atoms with Crippen molar-refractivity contribution in [1.29, 1.82) is 0 Å². The zero-order chi connectivity index (χ0) is 17.6. The van der Waals surface area contributed by atoms with Crippen molar-refractivity contribution < 1.29 is 9.90 Å². The molecule has 25 heavy (non-hydrogen) atoms. The van der Waals surface area contributed by atoms with Gasteiger partial charge in [0, 0.05) is 6.42 Å². The lowest BCUT2D eigenvalue weighted by molar-refractivity contribution is -0.137. The fraction of sp³-hybridized carbons (Fsp3) is 0.957. The number of hydrogen-bond donors (Lipinski definition) is 1. The topological polar surface area (TPSA) is 37.3 Å². The smallest absolute Gasteiger partial charge is 0.303 e. The summed E-state index contributed by atoms with van der Waals surface area (Å²) in [6.07, 6.45) is 15.9. The first-order chi connectivity index (χ1) is 12.0. The first-order valence-electron chi connectivity index (χ1n) is 11.2. The van der Waals surface area contributed by atoms with Gasteiger partial charge in [-0.2, -0.15) is 0 Å². The molecule has 0 amide bonds. The van der Waals surface area contributed by atoms with Crippen LogP contribution in [0.5, 0.6) is 0 Å². The van der Waals surface area contributed by atoms with Crippen LogP contribution < -0.4 is 0 Å². The van der Waals surface area contributed by atoms with Crippen LogP contribution in [0.3, 0.4) is 0 Å². The molecule has 0 aromatic heterocycles. The lowest BCUT2D eigenvalue weighted by Gasteiger charge is -2.58. The van der Waals surface area contributed by atoms with Crippen LogP contribution >= 0.6 is 0 Å². The first-order valence-corrected chi connectivity index (χ1v) is 11.2. The summed E-state index contributed by atoms with van der Waals surface area (Å²) in [5.74, 6) is 5.69. The highest BCUT2D eigenvalue weighted by Crippen LogP contribution is 2.64. The molecular formula is C23H38O2. The Kier molecular flexibility index (Phi) is 4.92. The largest absolute Gasteiger partial charge is 0.481 e. The van der Waals surface area contributed by atoms with Crippen LogP contribution in [-0.2, 0) is 4.79 Å². The van der Waals surface area contributed by atoms with E-state index in [0.717, 1.165) is 41.9 Å². The van der Waals surface area contributed by atoms with Crippen molar-refractivity contribution in [2.24, 2.45) is 46.8 Å². The van der Waals surface area contributed by atoms with Crippen molar-refractivity contribution in [3.63, 3.8) is 0 Å². The van der Waals surface area contributed by atoms with Gasteiger partial charge in [0.05, 0.1) is 0 Å². The molecular weight excluding hydrogens is 308 g/mol. The molecule has 0 bridgehead atoms. The summed E-state index contributed by atoms with van der Waals surface area (Å²) in [5.41, 5.74) is 0.652. The Morgan fingerprint density at radius 2 is 1.76 bits per heavy atom. The van der Waals surface area contributed by atoms with E-state index >= 15 is 0 Å². The summed E-state index contributed by atoms with van der Waals surface area (Å²) in [5, 5.41) is 9.03. The normalized spacial score (nSPS) is 47.4. The van der Waals surface area contributed by atoms with Crippen molar-refractivity contribution >= 4 is 5.97 Å². The molecule has 2 nitrogen and oxygen atoms in total. The molecule has 8 unspecified atom stereocenters. The highest BCUT2D eigenvalue weighted by molar-refractivity contribution is 5.66. The average Bonchev–Trinajstić information content (AvgIpc) is 3.03. The van der Waals surface area contributed by atoms with Crippen LogP contribution in [0.1, 0.15) is 90.9 Å². The van der Waals surface area contributed by atoms with Crippen molar-refractivity contribution in [2.75, 3.05) is 0 Å². The third-order valence-corrected chi connectivity index (χ3v) is 9.50. The second-order valence-electron chi connectivity index (χ2n) is 10.4.